The second-order valence-corrected chi connectivity index (χ2v) is 8.20. The minimum Gasteiger partial charge on any atom is -0.355 e. The third-order valence-electron chi connectivity index (χ3n) is 5.13. The van der Waals surface area contributed by atoms with Crippen LogP contribution < -0.4 is 10.2 Å². The third-order valence-corrected chi connectivity index (χ3v) is 6.12. The summed E-state index contributed by atoms with van der Waals surface area (Å²) in [5, 5.41) is 13.5. The summed E-state index contributed by atoms with van der Waals surface area (Å²) in [5.41, 5.74) is 2.51. The number of amides is 1. The molecule has 1 saturated heterocycles. The van der Waals surface area contributed by atoms with Crippen LogP contribution in [0.5, 0.6) is 0 Å². The van der Waals surface area contributed by atoms with Crippen molar-refractivity contribution in [2.75, 3.05) is 24.5 Å². The summed E-state index contributed by atoms with van der Waals surface area (Å²) in [6.07, 6.45) is 6.71. The van der Waals surface area contributed by atoms with Crippen molar-refractivity contribution in [3.63, 3.8) is 0 Å². The van der Waals surface area contributed by atoms with Gasteiger partial charge in [0.05, 0.1) is 5.92 Å². The van der Waals surface area contributed by atoms with Crippen LogP contribution in [0.3, 0.4) is 0 Å². The number of carbonyl (C=O) groups excluding carboxylic acids is 1. The Balaban J connectivity index is 1.30. The molecule has 1 fully saturated rings. The Kier molecular flexibility index (Phi) is 5.71. The molecular weight excluding hydrogens is 370 g/mol. The minimum atomic E-state index is 0.00527. The average Bonchev–Trinajstić information content (AvgIpc) is 3.41. The third kappa shape index (κ3) is 4.42. The lowest BCUT2D eigenvalue weighted by atomic mass is 9.97. The molecule has 6 nitrogen and oxygen atoms in total. The molecule has 146 valence electrons. The molecule has 1 amide bonds. The van der Waals surface area contributed by atoms with Crippen LogP contribution in [-0.4, -0.2) is 40.3 Å². The molecule has 3 aromatic rings. The Hall–Kier alpha value is -2.67. The standard InChI is InChI=1S/C21H25N5OS/c1-16-6-8-17(9-7-16)10-11-22-19(27)18-5-4-14-26(15-18)21-24-23-20(28-21)25-12-2-3-13-25/h2-3,6-9,12-13,18H,4-5,10-11,14-15H2,1H3,(H,22,27)/t18-/m0/s1. The fraction of sp³-hybridized carbons (Fsp3) is 0.381. The van der Waals surface area contributed by atoms with E-state index in [4.69, 9.17) is 0 Å². The van der Waals surface area contributed by atoms with E-state index in [0.717, 1.165) is 36.1 Å². The van der Waals surface area contributed by atoms with E-state index in [0.29, 0.717) is 13.1 Å². The zero-order valence-electron chi connectivity index (χ0n) is 16.0. The Morgan fingerprint density at radius 3 is 2.71 bits per heavy atom. The fourth-order valence-corrected chi connectivity index (χ4v) is 4.34. The minimum absolute atomic E-state index is 0.00527. The number of hydrogen-bond donors (Lipinski definition) is 1. The number of nitrogens with zero attached hydrogens (tertiary/aromatic N) is 4. The summed E-state index contributed by atoms with van der Waals surface area (Å²) in [7, 11) is 0. The number of rotatable bonds is 6. The molecule has 2 aromatic heterocycles. The van der Waals surface area contributed by atoms with Crippen LogP contribution in [0, 0.1) is 12.8 Å². The monoisotopic (exact) mass is 395 g/mol. The van der Waals surface area contributed by atoms with Crippen LogP contribution in [0.15, 0.2) is 48.8 Å². The smallest absolute Gasteiger partial charge is 0.224 e. The summed E-state index contributed by atoms with van der Waals surface area (Å²) < 4.78 is 1.96. The van der Waals surface area contributed by atoms with Crippen molar-refractivity contribution in [1.82, 2.24) is 20.1 Å². The molecule has 7 heteroatoms. The lowest BCUT2D eigenvalue weighted by Crippen LogP contribution is -2.43. The van der Waals surface area contributed by atoms with Gasteiger partial charge in [0.15, 0.2) is 0 Å². The van der Waals surface area contributed by atoms with E-state index in [9.17, 15) is 4.79 Å². The van der Waals surface area contributed by atoms with Crippen LogP contribution in [0.2, 0.25) is 0 Å². The molecule has 0 unspecified atom stereocenters. The van der Waals surface area contributed by atoms with E-state index >= 15 is 0 Å². The number of aryl methyl sites for hydroxylation is 1. The molecule has 1 N–H and O–H groups in total. The second-order valence-electron chi connectivity index (χ2n) is 7.27. The molecule has 1 atom stereocenters. The number of piperidine rings is 1. The van der Waals surface area contributed by atoms with Crippen LogP contribution in [0.25, 0.3) is 5.13 Å². The fourth-order valence-electron chi connectivity index (χ4n) is 3.50. The SMILES string of the molecule is Cc1ccc(CCNC(=O)[C@H]2CCCN(c3nnc(-n4cccc4)s3)C2)cc1. The Labute approximate surface area is 169 Å². The largest absolute Gasteiger partial charge is 0.355 e. The maximum atomic E-state index is 12.6. The normalized spacial score (nSPS) is 16.9. The van der Waals surface area contributed by atoms with Crippen molar-refractivity contribution < 1.29 is 4.79 Å². The van der Waals surface area contributed by atoms with E-state index in [-0.39, 0.29) is 11.8 Å². The Bertz CT molecular complexity index is 903. The van der Waals surface area contributed by atoms with Gasteiger partial charge in [0.2, 0.25) is 16.2 Å². The molecular formula is C21H25N5OS. The van der Waals surface area contributed by atoms with E-state index < -0.39 is 0 Å². The highest BCUT2D eigenvalue weighted by Gasteiger charge is 2.27. The topological polar surface area (TPSA) is 63.1 Å². The van der Waals surface area contributed by atoms with Crippen LogP contribution in [0.4, 0.5) is 5.13 Å². The van der Waals surface area contributed by atoms with Crippen LogP contribution in [-0.2, 0) is 11.2 Å². The summed E-state index contributed by atoms with van der Waals surface area (Å²) >= 11 is 1.56. The van der Waals surface area contributed by atoms with Crippen molar-refractivity contribution in [3.8, 4) is 5.13 Å². The van der Waals surface area contributed by atoms with E-state index in [1.807, 2.05) is 29.1 Å². The number of nitrogens with one attached hydrogen (secondary N) is 1. The van der Waals surface area contributed by atoms with Crippen molar-refractivity contribution in [2.45, 2.75) is 26.2 Å². The van der Waals surface area contributed by atoms with Gasteiger partial charge in [0.1, 0.15) is 0 Å². The second kappa shape index (κ2) is 8.56. The first kappa shape index (κ1) is 18.7. The highest BCUT2D eigenvalue weighted by atomic mass is 32.1. The zero-order chi connectivity index (χ0) is 19.3. The summed E-state index contributed by atoms with van der Waals surface area (Å²) in [6, 6.07) is 12.4. The molecule has 0 saturated carbocycles. The van der Waals surface area contributed by atoms with Gasteiger partial charge in [-0.3, -0.25) is 9.36 Å². The maximum Gasteiger partial charge on any atom is 0.224 e. The summed E-state index contributed by atoms with van der Waals surface area (Å²) in [4.78, 5) is 14.8. The number of hydrogen-bond acceptors (Lipinski definition) is 5. The molecule has 4 rings (SSSR count). The molecule has 1 aliphatic heterocycles. The lowest BCUT2D eigenvalue weighted by molar-refractivity contribution is -0.125. The van der Waals surface area contributed by atoms with Crippen molar-refractivity contribution in [2.24, 2.45) is 5.92 Å². The average molecular weight is 396 g/mol. The summed E-state index contributed by atoms with van der Waals surface area (Å²) in [5.74, 6) is 0.151. The Morgan fingerprint density at radius 2 is 1.93 bits per heavy atom. The summed E-state index contributed by atoms with van der Waals surface area (Å²) in [6.45, 7) is 4.39. The highest BCUT2D eigenvalue weighted by molar-refractivity contribution is 7.17. The number of aromatic nitrogens is 3. The molecule has 0 spiro atoms. The first-order valence-electron chi connectivity index (χ1n) is 9.74. The van der Waals surface area contributed by atoms with E-state index in [1.165, 1.54) is 11.1 Å². The van der Waals surface area contributed by atoms with Gasteiger partial charge < -0.3 is 10.2 Å². The van der Waals surface area contributed by atoms with Gasteiger partial charge in [-0.15, -0.1) is 10.2 Å². The van der Waals surface area contributed by atoms with Gasteiger partial charge >= 0.3 is 0 Å². The zero-order valence-corrected chi connectivity index (χ0v) is 16.9. The van der Waals surface area contributed by atoms with Gasteiger partial charge in [-0.25, -0.2) is 0 Å². The van der Waals surface area contributed by atoms with Crippen LogP contribution >= 0.6 is 11.3 Å². The Morgan fingerprint density at radius 1 is 1.18 bits per heavy atom. The quantitative estimate of drug-likeness (QED) is 0.696. The van der Waals surface area contributed by atoms with E-state index in [2.05, 4.69) is 51.6 Å². The molecule has 0 bridgehead atoms. The molecule has 28 heavy (non-hydrogen) atoms. The van der Waals surface area contributed by atoms with Gasteiger partial charge in [0, 0.05) is 32.0 Å². The number of anilines is 1. The predicted molar refractivity (Wildman–Crippen MR) is 112 cm³/mol. The van der Waals surface area contributed by atoms with E-state index in [1.54, 1.807) is 11.3 Å². The number of carbonyl (C=O) groups is 1. The van der Waals surface area contributed by atoms with Crippen molar-refractivity contribution in [1.29, 1.82) is 0 Å². The molecule has 1 aromatic carbocycles. The first-order valence-corrected chi connectivity index (χ1v) is 10.6. The van der Waals surface area contributed by atoms with Gasteiger partial charge in [-0.1, -0.05) is 41.2 Å². The molecule has 0 aliphatic carbocycles. The molecule has 0 radical (unpaired) electrons. The van der Waals surface area contributed by atoms with Gasteiger partial charge in [-0.2, -0.15) is 0 Å². The van der Waals surface area contributed by atoms with Gasteiger partial charge in [0.25, 0.3) is 0 Å². The number of benzene rings is 1. The van der Waals surface area contributed by atoms with Crippen LogP contribution in [0.1, 0.15) is 24.0 Å². The molecule has 3 heterocycles. The molecule has 1 aliphatic rings. The predicted octanol–water partition coefficient (Wildman–Crippen LogP) is 3.21. The first-order chi connectivity index (χ1) is 13.7. The lowest BCUT2D eigenvalue weighted by Gasteiger charge is -2.31. The van der Waals surface area contributed by atoms with Gasteiger partial charge in [-0.05, 0) is 43.9 Å². The van der Waals surface area contributed by atoms with Crippen molar-refractivity contribution >= 4 is 22.4 Å². The maximum absolute atomic E-state index is 12.6. The highest BCUT2D eigenvalue weighted by Crippen LogP contribution is 2.27. The van der Waals surface area contributed by atoms with Crippen molar-refractivity contribution in [3.05, 3.63) is 59.9 Å².